The van der Waals surface area contributed by atoms with E-state index in [1.165, 1.54) is 37.1 Å². The Morgan fingerprint density at radius 2 is 1.50 bits per heavy atom. The number of rotatable bonds is 1. The molecule has 1 aliphatic rings. The van der Waals surface area contributed by atoms with Gasteiger partial charge in [0.1, 0.15) is 0 Å². The minimum Gasteiger partial charge on any atom is -0.346 e. The van der Waals surface area contributed by atoms with E-state index in [1.807, 2.05) is 0 Å². The summed E-state index contributed by atoms with van der Waals surface area (Å²) in [4.78, 5) is 0. The highest BCUT2D eigenvalue weighted by Crippen LogP contribution is 2.33. The highest BCUT2D eigenvalue weighted by molar-refractivity contribution is 5.15. The summed E-state index contributed by atoms with van der Waals surface area (Å²) in [5, 5.41) is 0. The van der Waals surface area contributed by atoms with Gasteiger partial charge in [0.15, 0.2) is 0 Å². The molecule has 1 aromatic rings. The summed E-state index contributed by atoms with van der Waals surface area (Å²) in [7, 11) is 0. The van der Waals surface area contributed by atoms with E-state index in [2.05, 4.69) is 37.5 Å². The number of aryl methyl sites for hydroxylation is 2. The fourth-order valence-electron chi connectivity index (χ4n) is 2.76. The second kappa shape index (κ2) is 3.80. The zero-order valence-electron chi connectivity index (χ0n) is 9.59. The third-order valence-electron chi connectivity index (χ3n) is 3.68. The van der Waals surface area contributed by atoms with Gasteiger partial charge in [-0.3, -0.25) is 0 Å². The lowest BCUT2D eigenvalue weighted by Crippen LogP contribution is -2.18. The molecule has 1 nitrogen and oxygen atoms in total. The first kappa shape index (κ1) is 9.82. The average molecular weight is 191 g/mol. The molecule has 0 saturated heterocycles. The number of hydrogen-bond acceptors (Lipinski definition) is 0. The van der Waals surface area contributed by atoms with Crippen molar-refractivity contribution in [1.29, 1.82) is 0 Å². The summed E-state index contributed by atoms with van der Waals surface area (Å²) in [5.74, 6) is 0.947. The Morgan fingerprint density at radius 3 is 2.00 bits per heavy atom. The van der Waals surface area contributed by atoms with Crippen LogP contribution in [-0.4, -0.2) is 4.57 Å². The van der Waals surface area contributed by atoms with Gasteiger partial charge in [0.05, 0.1) is 0 Å². The van der Waals surface area contributed by atoms with Gasteiger partial charge >= 0.3 is 0 Å². The molecular weight excluding hydrogens is 170 g/mol. The lowest BCUT2D eigenvalue weighted by molar-refractivity contribution is 0.285. The van der Waals surface area contributed by atoms with Gasteiger partial charge < -0.3 is 4.57 Å². The van der Waals surface area contributed by atoms with Crippen LogP contribution < -0.4 is 0 Å². The monoisotopic (exact) mass is 191 g/mol. The van der Waals surface area contributed by atoms with Crippen LogP contribution in [0, 0.1) is 19.8 Å². The lowest BCUT2D eigenvalue weighted by atomic mass is 9.87. The first-order chi connectivity index (χ1) is 6.68. The van der Waals surface area contributed by atoms with Crippen molar-refractivity contribution in [2.75, 3.05) is 0 Å². The summed E-state index contributed by atoms with van der Waals surface area (Å²) in [6.45, 7) is 6.83. The lowest BCUT2D eigenvalue weighted by Gasteiger charge is -2.29. The Morgan fingerprint density at radius 1 is 1.00 bits per heavy atom. The van der Waals surface area contributed by atoms with Crippen molar-refractivity contribution in [3.05, 3.63) is 23.5 Å². The van der Waals surface area contributed by atoms with Crippen molar-refractivity contribution in [1.82, 2.24) is 4.57 Å². The van der Waals surface area contributed by atoms with E-state index in [0.717, 1.165) is 12.0 Å². The minimum absolute atomic E-state index is 0.779. The summed E-state index contributed by atoms with van der Waals surface area (Å²) < 4.78 is 2.53. The first-order valence-electron chi connectivity index (χ1n) is 5.83. The van der Waals surface area contributed by atoms with Gasteiger partial charge in [-0.15, -0.1) is 0 Å². The maximum atomic E-state index is 2.53. The van der Waals surface area contributed by atoms with Crippen LogP contribution in [0.25, 0.3) is 0 Å². The van der Waals surface area contributed by atoms with Crippen LogP contribution in [-0.2, 0) is 0 Å². The Kier molecular flexibility index (Phi) is 2.66. The molecule has 1 heterocycles. The van der Waals surface area contributed by atoms with Crippen LogP contribution in [0.15, 0.2) is 12.1 Å². The third kappa shape index (κ3) is 1.73. The summed E-state index contributed by atoms with van der Waals surface area (Å²) >= 11 is 0. The molecule has 0 atom stereocenters. The van der Waals surface area contributed by atoms with Crippen molar-refractivity contribution in [2.24, 2.45) is 5.92 Å². The van der Waals surface area contributed by atoms with Crippen LogP contribution in [0.1, 0.15) is 50.0 Å². The normalized spacial score (nSPS) is 27.9. The van der Waals surface area contributed by atoms with Gasteiger partial charge in [0.25, 0.3) is 0 Å². The van der Waals surface area contributed by atoms with E-state index in [9.17, 15) is 0 Å². The van der Waals surface area contributed by atoms with Gasteiger partial charge in [-0.25, -0.2) is 0 Å². The molecule has 78 valence electrons. The van der Waals surface area contributed by atoms with Crippen LogP contribution >= 0.6 is 0 Å². The van der Waals surface area contributed by atoms with Gasteiger partial charge in [-0.2, -0.15) is 0 Å². The Labute approximate surface area is 87.1 Å². The third-order valence-corrected chi connectivity index (χ3v) is 3.68. The van der Waals surface area contributed by atoms with E-state index in [4.69, 9.17) is 0 Å². The van der Waals surface area contributed by atoms with Gasteiger partial charge in [0, 0.05) is 17.4 Å². The van der Waals surface area contributed by atoms with Gasteiger partial charge in [0.2, 0.25) is 0 Å². The smallest absolute Gasteiger partial charge is 0.0335 e. The van der Waals surface area contributed by atoms with E-state index in [1.54, 1.807) is 0 Å². The van der Waals surface area contributed by atoms with E-state index >= 15 is 0 Å². The molecule has 14 heavy (non-hydrogen) atoms. The topological polar surface area (TPSA) is 4.93 Å². The molecule has 1 saturated carbocycles. The molecule has 1 heteroatoms. The van der Waals surface area contributed by atoms with Gasteiger partial charge in [-0.05, 0) is 57.6 Å². The molecule has 0 spiro atoms. The molecule has 0 amide bonds. The molecule has 0 unspecified atom stereocenters. The second-order valence-electron chi connectivity index (χ2n) is 4.90. The van der Waals surface area contributed by atoms with Crippen LogP contribution in [0.5, 0.6) is 0 Å². The van der Waals surface area contributed by atoms with Crippen molar-refractivity contribution in [3.63, 3.8) is 0 Å². The zero-order valence-corrected chi connectivity index (χ0v) is 9.59. The molecule has 0 aromatic carbocycles. The predicted molar refractivity (Wildman–Crippen MR) is 60.6 cm³/mol. The van der Waals surface area contributed by atoms with Crippen LogP contribution in [0.3, 0.4) is 0 Å². The molecule has 1 aliphatic carbocycles. The van der Waals surface area contributed by atoms with E-state index in [0.29, 0.717) is 0 Å². The largest absolute Gasteiger partial charge is 0.346 e. The first-order valence-corrected chi connectivity index (χ1v) is 5.83. The molecule has 1 fully saturated rings. The number of nitrogens with zero attached hydrogens (tertiary/aromatic N) is 1. The van der Waals surface area contributed by atoms with Crippen molar-refractivity contribution >= 4 is 0 Å². The Hall–Kier alpha value is -0.720. The quantitative estimate of drug-likeness (QED) is 0.635. The van der Waals surface area contributed by atoms with Crippen molar-refractivity contribution < 1.29 is 0 Å². The highest BCUT2D eigenvalue weighted by Gasteiger charge is 2.20. The van der Waals surface area contributed by atoms with E-state index in [-0.39, 0.29) is 0 Å². The van der Waals surface area contributed by atoms with Gasteiger partial charge in [-0.1, -0.05) is 6.92 Å². The maximum Gasteiger partial charge on any atom is 0.0335 e. The zero-order chi connectivity index (χ0) is 10.1. The summed E-state index contributed by atoms with van der Waals surface area (Å²) in [5.41, 5.74) is 2.86. The molecular formula is C13H21N. The fourth-order valence-corrected chi connectivity index (χ4v) is 2.76. The standard InChI is InChI=1S/C13H21N/c1-10-4-8-13(9-5-10)14-11(2)6-7-12(14)3/h6-7,10,13H,4-5,8-9H2,1-3H3. The molecule has 1 aromatic heterocycles. The van der Waals surface area contributed by atoms with Crippen LogP contribution in [0.4, 0.5) is 0 Å². The molecule has 0 radical (unpaired) electrons. The average Bonchev–Trinajstić information content (AvgIpc) is 2.49. The molecule has 2 rings (SSSR count). The predicted octanol–water partition coefficient (Wildman–Crippen LogP) is 3.86. The van der Waals surface area contributed by atoms with Crippen LogP contribution in [0.2, 0.25) is 0 Å². The Balaban J connectivity index is 2.15. The fraction of sp³-hybridized carbons (Fsp3) is 0.692. The molecule has 0 aliphatic heterocycles. The summed E-state index contributed by atoms with van der Waals surface area (Å²) in [6.07, 6.45) is 5.55. The highest BCUT2D eigenvalue weighted by atomic mass is 15.0. The molecule has 0 bridgehead atoms. The SMILES string of the molecule is Cc1ccc(C)n1C1CCC(C)CC1. The van der Waals surface area contributed by atoms with E-state index < -0.39 is 0 Å². The number of hydrogen-bond donors (Lipinski definition) is 0. The Bertz CT molecular complexity index is 284. The second-order valence-corrected chi connectivity index (χ2v) is 4.90. The van der Waals surface area contributed by atoms with Crippen molar-refractivity contribution in [2.45, 2.75) is 52.5 Å². The van der Waals surface area contributed by atoms with Crippen molar-refractivity contribution in [3.8, 4) is 0 Å². The summed E-state index contributed by atoms with van der Waals surface area (Å²) in [6, 6.07) is 5.27. The maximum absolute atomic E-state index is 2.53. The minimum atomic E-state index is 0.779. The molecule has 0 N–H and O–H groups in total. The number of aromatic nitrogens is 1.